The number of amides is 1. The predicted octanol–water partition coefficient (Wildman–Crippen LogP) is 0.0246. The normalized spacial score (nSPS) is 9.31. The minimum Gasteiger partial charge on any atom is -0.360 e. The van der Waals surface area contributed by atoms with Crippen LogP contribution < -0.4 is 10.6 Å². The Morgan fingerprint density at radius 2 is 2.46 bits per heavy atom. The van der Waals surface area contributed by atoms with Gasteiger partial charge in [0.05, 0.1) is 6.54 Å². The maximum Gasteiger partial charge on any atom is 0.239 e. The van der Waals surface area contributed by atoms with Crippen LogP contribution in [0.2, 0.25) is 0 Å². The van der Waals surface area contributed by atoms with E-state index in [0.29, 0.717) is 12.4 Å². The summed E-state index contributed by atoms with van der Waals surface area (Å²) in [6.07, 6.45) is 1.58. The zero-order valence-corrected chi connectivity index (χ0v) is 7.45. The fourth-order valence-electron chi connectivity index (χ4n) is 0.826. The van der Waals surface area contributed by atoms with E-state index in [-0.39, 0.29) is 12.5 Å². The molecule has 1 rings (SSSR count). The maximum absolute atomic E-state index is 11.0. The second kappa shape index (κ2) is 5.08. The molecule has 0 aliphatic rings. The van der Waals surface area contributed by atoms with Crippen molar-refractivity contribution in [2.75, 3.05) is 18.4 Å². The van der Waals surface area contributed by atoms with Crippen molar-refractivity contribution in [3.8, 4) is 0 Å². The van der Waals surface area contributed by atoms with Crippen LogP contribution in [0.5, 0.6) is 0 Å². The van der Waals surface area contributed by atoms with Gasteiger partial charge in [-0.15, -0.1) is 5.10 Å². The molecule has 0 aliphatic carbocycles. The Labute approximate surface area is 76.6 Å². The van der Waals surface area contributed by atoms with E-state index in [4.69, 9.17) is 0 Å². The van der Waals surface area contributed by atoms with Gasteiger partial charge in [-0.25, -0.2) is 0 Å². The quantitative estimate of drug-likeness (QED) is 0.685. The van der Waals surface area contributed by atoms with Gasteiger partial charge < -0.3 is 10.6 Å². The molecule has 0 saturated heterocycles. The lowest BCUT2D eigenvalue weighted by Gasteiger charge is -2.03. The second-order valence-electron chi connectivity index (χ2n) is 2.42. The molecule has 0 aromatic carbocycles. The summed E-state index contributed by atoms with van der Waals surface area (Å²) in [5.41, 5.74) is 0. The lowest BCUT2D eigenvalue weighted by atomic mass is 10.5. The summed E-state index contributed by atoms with van der Waals surface area (Å²) in [5, 5.41) is 12.9. The van der Waals surface area contributed by atoms with E-state index < -0.39 is 0 Å². The van der Waals surface area contributed by atoms with E-state index >= 15 is 0 Å². The van der Waals surface area contributed by atoms with Crippen molar-refractivity contribution in [2.45, 2.75) is 6.92 Å². The number of rotatable bonds is 4. The number of aromatic nitrogens is 2. The number of nitrogens with zero attached hydrogens (tertiary/aromatic N) is 2. The Morgan fingerprint density at radius 3 is 3.08 bits per heavy atom. The third-order valence-electron chi connectivity index (χ3n) is 1.38. The summed E-state index contributed by atoms with van der Waals surface area (Å²) < 4.78 is 0. The lowest BCUT2D eigenvalue weighted by molar-refractivity contribution is -0.119. The first-order valence-electron chi connectivity index (χ1n) is 4.11. The van der Waals surface area contributed by atoms with Gasteiger partial charge in [-0.05, 0) is 19.1 Å². The molecular weight excluding hydrogens is 168 g/mol. The molecule has 0 atom stereocenters. The molecule has 0 fully saturated rings. The number of anilines is 1. The number of hydrogen-bond donors (Lipinski definition) is 2. The fraction of sp³-hybridized carbons (Fsp3) is 0.375. The lowest BCUT2D eigenvalue weighted by Crippen LogP contribution is -2.29. The number of likely N-dealkylation sites (N-methyl/N-ethyl adjacent to an activating group) is 1. The standard InChI is InChI=1S/C8H12N4O/c1-2-9-8(13)6-10-7-4-3-5-11-12-7/h3-5H,2,6H2,1H3,(H,9,13)(H,10,12). The average molecular weight is 180 g/mol. The van der Waals surface area contributed by atoms with Crippen LogP contribution in [-0.2, 0) is 4.79 Å². The molecule has 0 aliphatic heterocycles. The van der Waals surface area contributed by atoms with Crippen LogP contribution in [0, 0.1) is 0 Å². The molecule has 5 nitrogen and oxygen atoms in total. The van der Waals surface area contributed by atoms with E-state index in [1.807, 2.05) is 6.92 Å². The minimum absolute atomic E-state index is 0.0480. The van der Waals surface area contributed by atoms with Crippen molar-refractivity contribution in [2.24, 2.45) is 0 Å². The smallest absolute Gasteiger partial charge is 0.239 e. The Bertz CT molecular complexity index is 262. The molecule has 5 heteroatoms. The van der Waals surface area contributed by atoms with Crippen molar-refractivity contribution < 1.29 is 4.79 Å². The molecule has 0 radical (unpaired) electrons. The van der Waals surface area contributed by atoms with Crippen molar-refractivity contribution in [3.63, 3.8) is 0 Å². The zero-order valence-electron chi connectivity index (χ0n) is 7.45. The van der Waals surface area contributed by atoms with Gasteiger partial charge in [-0.1, -0.05) is 0 Å². The molecule has 1 aromatic heterocycles. The molecule has 1 aromatic rings. The summed E-state index contributed by atoms with van der Waals surface area (Å²) in [4.78, 5) is 11.0. The highest BCUT2D eigenvalue weighted by Crippen LogP contribution is 1.95. The van der Waals surface area contributed by atoms with Crippen LogP contribution in [-0.4, -0.2) is 29.2 Å². The topological polar surface area (TPSA) is 66.9 Å². The third-order valence-corrected chi connectivity index (χ3v) is 1.38. The number of carbonyl (C=O) groups excluding carboxylic acids is 1. The summed E-state index contributed by atoms with van der Waals surface area (Å²) in [6.45, 7) is 2.74. The van der Waals surface area contributed by atoms with Crippen molar-refractivity contribution in [1.29, 1.82) is 0 Å². The van der Waals surface area contributed by atoms with Crippen LogP contribution in [0.25, 0.3) is 0 Å². The van der Waals surface area contributed by atoms with Crippen molar-refractivity contribution in [3.05, 3.63) is 18.3 Å². The van der Waals surface area contributed by atoms with Gasteiger partial charge in [-0.3, -0.25) is 4.79 Å². The first kappa shape index (κ1) is 9.44. The number of carbonyl (C=O) groups is 1. The van der Waals surface area contributed by atoms with E-state index in [1.54, 1.807) is 18.3 Å². The van der Waals surface area contributed by atoms with Gasteiger partial charge in [0.25, 0.3) is 0 Å². The molecule has 0 unspecified atom stereocenters. The minimum atomic E-state index is -0.0480. The monoisotopic (exact) mass is 180 g/mol. The van der Waals surface area contributed by atoms with Crippen molar-refractivity contribution in [1.82, 2.24) is 15.5 Å². The van der Waals surface area contributed by atoms with Crippen LogP contribution in [0.3, 0.4) is 0 Å². The molecule has 0 saturated carbocycles. The molecule has 0 spiro atoms. The maximum atomic E-state index is 11.0. The van der Waals surface area contributed by atoms with Gasteiger partial charge in [0.15, 0.2) is 0 Å². The first-order chi connectivity index (χ1) is 6.33. The Balaban J connectivity index is 2.31. The molecule has 1 heterocycles. The second-order valence-corrected chi connectivity index (χ2v) is 2.42. The Morgan fingerprint density at radius 1 is 1.62 bits per heavy atom. The molecule has 0 bridgehead atoms. The summed E-state index contributed by atoms with van der Waals surface area (Å²) >= 11 is 0. The molecule has 13 heavy (non-hydrogen) atoms. The van der Waals surface area contributed by atoms with E-state index in [0.717, 1.165) is 0 Å². The molecular formula is C8H12N4O. The first-order valence-corrected chi connectivity index (χ1v) is 4.11. The predicted molar refractivity (Wildman–Crippen MR) is 49.2 cm³/mol. The summed E-state index contributed by atoms with van der Waals surface area (Å²) in [5.74, 6) is 0.557. The Hall–Kier alpha value is -1.65. The van der Waals surface area contributed by atoms with Crippen LogP contribution in [0.4, 0.5) is 5.82 Å². The number of hydrogen-bond acceptors (Lipinski definition) is 4. The van der Waals surface area contributed by atoms with Gasteiger partial charge >= 0.3 is 0 Å². The van der Waals surface area contributed by atoms with Crippen LogP contribution in [0.1, 0.15) is 6.92 Å². The summed E-state index contributed by atoms with van der Waals surface area (Å²) in [7, 11) is 0. The van der Waals surface area contributed by atoms with Gasteiger partial charge in [0.1, 0.15) is 5.82 Å². The van der Waals surface area contributed by atoms with Gasteiger partial charge in [0.2, 0.25) is 5.91 Å². The highest BCUT2D eigenvalue weighted by molar-refractivity contribution is 5.80. The highest BCUT2D eigenvalue weighted by atomic mass is 16.1. The van der Waals surface area contributed by atoms with E-state index in [9.17, 15) is 4.79 Å². The molecule has 70 valence electrons. The van der Waals surface area contributed by atoms with Crippen LogP contribution in [0.15, 0.2) is 18.3 Å². The average Bonchev–Trinajstić information content (AvgIpc) is 2.17. The number of nitrogens with one attached hydrogen (secondary N) is 2. The van der Waals surface area contributed by atoms with E-state index in [1.165, 1.54) is 0 Å². The summed E-state index contributed by atoms with van der Waals surface area (Å²) in [6, 6.07) is 3.51. The Kier molecular flexibility index (Phi) is 3.69. The molecule has 1 amide bonds. The fourth-order valence-corrected chi connectivity index (χ4v) is 0.826. The van der Waals surface area contributed by atoms with Gasteiger partial charge in [0, 0.05) is 12.7 Å². The molecule has 2 N–H and O–H groups in total. The van der Waals surface area contributed by atoms with Crippen LogP contribution >= 0.6 is 0 Å². The van der Waals surface area contributed by atoms with E-state index in [2.05, 4.69) is 20.8 Å². The van der Waals surface area contributed by atoms with Crippen molar-refractivity contribution >= 4 is 11.7 Å². The largest absolute Gasteiger partial charge is 0.360 e. The highest BCUT2D eigenvalue weighted by Gasteiger charge is 1.98. The van der Waals surface area contributed by atoms with Gasteiger partial charge in [-0.2, -0.15) is 5.10 Å². The SMILES string of the molecule is CCNC(=O)CNc1cccnn1. The zero-order chi connectivity index (χ0) is 9.52. The third kappa shape index (κ3) is 3.50.